The van der Waals surface area contributed by atoms with Crippen molar-refractivity contribution in [1.82, 2.24) is 14.9 Å². The first-order chi connectivity index (χ1) is 15.7. The maximum Gasteiger partial charge on any atom is 0.348 e. The molecule has 9 heteroatoms. The minimum Gasteiger partial charge on any atom is -0.454 e. The Kier molecular flexibility index (Phi) is 6.36. The number of ether oxygens (including phenoxy) is 3. The summed E-state index contributed by atoms with van der Waals surface area (Å²) in [6.07, 6.45) is 6.06. The lowest BCUT2D eigenvalue weighted by Crippen LogP contribution is -2.34. The summed E-state index contributed by atoms with van der Waals surface area (Å²) in [6.45, 7) is 1.98. The average molecular weight is 458 g/mol. The van der Waals surface area contributed by atoms with Gasteiger partial charge in [0.1, 0.15) is 5.03 Å². The lowest BCUT2D eigenvalue weighted by molar-refractivity contribution is -0.118. The minimum absolute atomic E-state index is 0.0949. The van der Waals surface area contributed by atoms with E-state index in [-0.39, 0.29) is 30.2 Å². The first-order valence-electron chi connectivity index (χ1n) is 11.2. The molecule has 3 aliphatic rings. The number of thioether (sulfide) groups is 1. The number of benzene rings is 1. The highest BCUT2D eigenvalue weighted by Crippen LogP contribution is 2.32. The third-order valence-electron chi connectivity index (χ3n) is 6.13. The number of hydrogen-bond donors (Lipinski definition) is 1. The summed E-state index contributed by atoms with van der Waals surface area (Å²) in [5.41, 5.74) is 2.92. The Morgan fingerprint density at radius 1 is 1.19 bits per heavy atom. The van der Waals surface area contributed by atoms with Crippen molar-refractivity contribution in [2.24, 2.45) is 0 Å². The zero-order valence-corrected chi connectivity index (χ0v) is 18.7. The molecule has 32 heavy (non-hydrogen) atoms. The molecule has 1 aliphatic carbocycles. The Morgan fingerprint density at radius 2 is 2.06 bits per heavy atom. The van der Waals surface area contributed by atoms with Crippen molar-refractivity contribution in [3.05, 3.63) is 45.5 Å². The molecule has 0 bridgehead atoms. The average Bonchev–Trinajstić information content (AvgIpc) is 3.50. The molecule has 2 aromatic rings. The number of amides is 1. The lowest BCUT2D eigenvalue weighted by Gasteiger charge is -2.24. The number of nitrogens with one attached hydrogen (secondary N) is 1. The van der Waals surface area contributed by atoms with Crippen LogP contribution in [0.3, 0.4) is 0 Å². The standard InChI is InChI=1S/C23H27N3O5S/c27-21(24-11-15-7-8-19-20(10-15)31-14-30-19)13-32-22-17-5-1-2-6-18(17)26(23(28)25-22)12-16-4-3-9-29-16/h7-8,10,16H,1-6,9,11-14H2,(H,24,27)/t16-/m1/s1. The number of fused-ring (bicyclic) bond motifs is 2. The molecule has 1 amide bonds. The third kappa shape index (κ3) is 4.63. The largest absolute Gasteiger partial charge is 0.454 e. The number of carbonyl (C=O) groups is 1. The van der Waals surface area contributed by atoms with E-state index >= 15 is 0 Å². The Morgan fingerprint density at radius 3 is 2.94 bits per heavy atom. The van der Waals surface area contributed by atoms with Gasteiger partial charge in [0.25, 0.3) is 0 Å². The first kappa shape index (κ1) is 21.3. The van der Waals surface area contributed by atoms with E-state index < -0.39 is 0 Å². The van der Waals surface area contributed by atoms with Gasteiger partial charge in [-0.2, -0.15) is 4.98 Å². The Balaban J connectivity index is 1.23. The Hall–Kier alpha value is -2.52. The second kappa shape index (κ2) is 9.54. The van der Waals surface area contributed by atoms with Crippen LogP contribution in [0.2, 0.25) is 0 Å². The van der Waals surface area contributed by atoms with Crippen molar-refractivity contribution >= 4 is 17.7 Å². The Labute approximate surface area is 190 Å². The zero-order valence-electron chi connectivity index (χ0n) is 17.9. The molecule has 0 unspecified atom stereocenters. The van der Waals surface area contributed by atoms with E-state index in [1.807, 2.05) is 22.8 Å². The van der Waals surface area contributed by atoms with Crippen LogP contribution < -0.4 is 20.5 Å². The van der Waals surface area contributed by atoms with Gasteiger partial charge in [0.2, 0.25) is 12.7 Å². The molecule has 2 aliphatic heterocycles. The summed E-state index contributed by atoms with van der Waals surface area (Å²) in [5.74, 6) is 1.55. The number of nitrogens with zero attached hydrogens (tertiary/aromatic N) is 2. The monoisotopic (exact) mass is 457 g/mol. The predicted molar refractivity (Wildman–Crippen MR) is 119 cm³/mol. The quantitative estimate of drug-likeness (QED) is 0.504. The normalized spacial score (nSPS) is 19.1. The molecule has 0 radical (unpaired) electrons. The van der Waals surface area contributed by atoms with Gasteiger partial charge in [-0.25, -0.2) is 4.79 Å². The van der Waals surface area contributed by atoms with Crippen molar-refractivity contribution in [3.63, 3.8) is 0 Å². The van der Waals surface area contributed by atoms with Crippen molar-refractivity contribution in [2.75, 3.05) is 19.2 Å². The molecule has 1 fully saturated rings. The van der Waals surface area contributed by atoms with E-state index in [1.165, 1.54) is 11.8 Å². The van der Waals surface area contributed by atoms with Gasteiger partial charge in [0.05, 0.1) is 18.4 Å². The molecule has 8 nitrogen and oxygen atoms in total. The number of carbonyl (C=O) groups excluding carboxylic acids is 1. The fourth-order valence-corrected chi connectivity index (χ4v) is 5.39. The molecule has 170 valence electrons. The first-order valence-corrected chi connectivity index (χ1v) is 12.2. The van der Waals surface area contributed by atoms with Crippen LogP contribution in [0, 0.1) is 0 Å². The molecule has 1 N–H and O–H groups in total. The van der Waals surface area contributed by atoms with Crippen LogP contribution in [0.15, 0.2) is 28.0 Å². The highest BCUT2D eigenvalue weighted by atomic mass is 32.2. The van der Waals surface area contributed by atoms with Gasteiger partial charge in [-0.15, -0.1) is 0 Å². The molecular formula is C23H27N3O5S. The van der Waals surface area contributed by atoms with Crippen LogP contribution in [0.5, 0.6) is 11.5 Å². The van der Waals surface area contributed by atoms with Crippen LogP contribution in [0.1, 0.15) is 42.5 Å². The van der Waals surface area contributed by atoms with Crippen LogP contribution in [-0.4, -0.2) is 40.7 Å². The van der Waals surface area contributed by atoms with Crippen molar-refractivity contribution in [2.45, 2.75) is 62.7 Å². The van der Waals surface area contributed by atoms with Gasteiger partial charge < -0.3 is 19.5 Å². The molecular weight excluding hydrogens is 430 g/mol. The van der Waals surface area contributed by atoms with Gasteiger partial charge in [-0.1, -0.05) is 17.8 Å². The maximum atomic E-state index is 12.8. The van der Waals surface area contributed by atoms with Gasteiger partial charge in [0.15, 0.2) is 11.5 Å². The van der Waals surface area contributed by atoms with E-state index in [0.29, 0.717) is 23.9 Å². The molecule has 5 rings (SSSR count). The summed E-state index contributed by atoms with van der Waals surface area (Å²) in [7, 11) is 0. The lowest BCUT2D eigenvalue weighted by atomic mass is 9.97. The third-order valence-corrected chi connectivity index (χ3v) is 7.15. The zero-order chi connectivity index (χ0) is 21.9. The maximum absolute atomic E-state index is 12.8. The van der Waals surface area contributed by atoms with Crippen molar-refractivity contribution in [1.29, 1.82) is 0 Å². The van der Waals surface area contributed by atoms with E-state index in [9.17, 15) is 9.59 Å². The summed E-state index contributed by atoms with van der Waals surface area (Å²) in [4.78, 5) is 29.6. The predicted octanol–water partition coefficient (Wildman–Crippen LogP) is 2.44. The van der Waals surface area contributed by atoms with Crippen LogP contribution in [-0.2, 0) is 35.5 Å². The van der Waals surface area contributed by atoms with E-state index in [2.05, 4.69) is 10.3 Å². The van der Waals surface area contributed by atoms with Crippen LogP contribution in [0.25, 0.3) is 0 Å². The number of rotatable bonds is 7. The van der Waals surface area contributed by atoms with Gasteiger partial charge >= 0.3 is 5.69 Å². The Bertz CT molecular complexity index is 1060. The number of hydrogen-bond acceptors (Lipinski definition) is 7. The molecule has 0 spiro atoms. The second-order valence-electron chi connectivity index (χ2n) is 8.33. The van der Waals surface area contributed by atoms with Crippen LogP contribution >= 0.6 is 11.8 Å². The number of aromatic nitrogens is 2. The molecule has 1 atom stereocenters. The second-order valence-corrected chi connectivity index (χ2v) is 9.29. The SMILES string of the molecule is O=C(CSc1nc(=O)n(C[C@H]2CCCO2)c2c1CCCC2)NCc1ccc2c(c1)OCO2. The van der Waals surface area contributed by atoms with E-state index in [4.69, 9.17) is 14.2 Å². The topological polar surface area (TPSA) is 91.7 Å². The van der Waals surface area contributed by atoms with Crippen molar-refractivity contribution < 1.29 is 19.0 Å². The van der Waals surface area contributed by atoms with Gasteiger partial charge in [-0.3, -0.25) is 9.36 Å². The van der Waals surface area contributed by atoms with Crippen LogP contribution in [0.4, 0.5) is 0 Å². The fraction of sp³-hybridized carbons (Fsp3) is 0.522. The molecule has 1 saturated heterocycles. The van der Waals surface area contributed by atoms with E-state index in [1.54, 1.807) is 0 Å². The molecule has 1 aromatic carbocycles. The summed E-state index contributed by atoms with van der Waals surface area (Å²) in [5, 5.41) is 3.63. The highest BCUT2D eigenvalue weighted by molar-refractivity contribution is 7.99. The molecule has 3 heterocycles. The summed E-state index contributed by atoms with van der Waals surface area (Å²) >= 11 is 1.35. The molecule has 0 saturated carbocycles. The minimum atomic E-state index is -0.232. The summed E-state index contributed by atoms with van der Waals surface area (Å²) in [6, 6.07) is 5.63. The highest BCUT2D eigenvalue weighted by Gasteiger charge is 2.24. The van der Waals surface area contributed by atoms with Gasteiger partial charge in [-0.05, 0) is 56.2 Å². The van der Waals surface area contributed by atoms with Gasteiger partial charge in [0, 0.05) is 24.4 Å². The van der Waals surface area contributed by atoms with E-state index in [0.717, 1.165) is 67.7 Å². The fourth-order valence-electron chi connectivity index (χ4n) is 4.48. The summed E-state index contributed by atoms with van der Waals surface area (Å²) < 4.78 is 18.2. The molecule has 1 aromatic heterocycles. The smallest absolute Gasteiger partial charge is 0.348 e. The van der Waals surface area contributed by atoms with Crippen molar-refractivity contribution in [3.8, 4) is 11.5 Å².